The van der Waals surface area contributed by atoms with E-state index in [-0.39, 0.29) is 23.1 Å². The zero-order valence-corrected chi connectivity index (χ0v) is 15.1. The number of carbonyl (C=O) groups excluding carboxylic acids is 2. The molecule has 0 unspecified atom stereocenters. The summed E-state index contributed by atoms with van der Waals surface area (Å²) in [4.78, 5) is 23.2. The molecular weight excluding hydrogens is 344 g/mol. The van der Waals surface area contributed by atoms with Crippen LogP contribution in [-0.4, -0.2) is 23.2 Å². The molecule has 1 aromatic carbocycles. The molecule has 1 aromatic rings. The Kier molecular flexibility index (Phi) is 8.17. The lowest BCUT2D eigenvalue weighted by molar-refractivity contribution is -0.120. The minimum atomic E-state index is -0.191. The number of hydrogen-bond acceptors (Lipinski definition) is 2. The van der Waals surface area contributed by atoms with Crippen LogP contribution in [0.2, 0.25) is 0 Å². The van der Waals surface area contributed by atoms with Crippen LogP contribution in [0, 0.1) is 0 Å². The lowest BCUT2D eigenvalue weighted by atomic mass is 9.99. The summed E-state index contributed by atoms with van der Waals surface area (Å²) < 4.78 is 0. The smallest absolute Gasteiger partial charge is 0.233 e. The van der Waals surface area contributed by atoms with Gasteiger partial charge in [0.2, 0.25) is 11.8 Å². The second-order valence-corrected chi connectivity index (χ2v) is 6.50. The predicted octanol–water partition coefficient (Wildman–Crippen LogP) is 3.82. The molecule has 1 rings (SSSR count). The monoisotopic (exact) mass is 368 g/mol. The molecule has 0 spiro atoms. The van der Waals surface area contributed by atoms with Crippen molar-refractivity contribution >= 4 is 33.4 Å². The number of hydrogen-bond donors (Lipinski definition) is 2. The number of rotatable bonds is 8. The normalized spacial score (nSPS) is 13.3. The minimum Gasteiger partial charge on any atom is -0.355 e. The van der Waals surface area contributed by atoms with Gasteiger partial charge in [-0.2, -0.15) is 0 Å². The first-order valence-electron chi connectivity index (χ1n) is 7.79. The number of carbonyl (C=O) groups is 2. The molecule has 0 aliphatic rings. The molecule has 0 bridgehead atoms. The topological polar surface area (TPSA) is 58.2 Å². The molecule has 0 saturated carbocycles. The Balaban J connectivity index is 2.37. The first-order chi connectivity index (χ1) is 10.5. The van der Waals surface area contributed by atoms with Crippen LogP contribution in [0.5, 0.6) is 0 Å². The molecule has 0 aliphatic heterocycles. The molecule has 0 heterocycles. The van der Waals surface area contributed by atoms with Crippen molar-refractivity contribution in [3.8, 4) is 0 Å². The summed E-state index contributed by atoms with van der Waals surface area (Å²) in [6, 6.07) is 7.93. The Morgan fingerprint density at radius 3 is 2.32 bits per heavy atom. The van der Waals surface area contributed by atoms with Crippen molar-refractivity contribution in [2.24, 2.45) is 0 Å². The van der Waals surface area contributed by atoms with Gasteiger partial charge < -0.3 is 10.6 Å². The van der Waals surface area contributed by atoms with Gasteiger partial charge in [-0.3, -0.25) is 9.59 Å². The first kappa shape index (κ1) is 18.7. The van der Waals surface area contributed by atoms with Crippen LogP contribution in [0.4, 0.5) is 5.69 Å². The molecular formula is C17H25BrN2O2. The largest absolute Gasteiger partial charge is 0.355 e. The molecule has 0 saturated heterocycles. The number of halogens is 1. The Bertz CT molecular complexity index is 488. The minimum absolute atomic E-state index is 0.0757. The molecule has 2 atom stereocenters. The summed E-state index contributed by atoms with van der Waals surface area (Å²) in [5, 5.41) is 5.58. The highest BCUT2D eigenvalue weighted by atomic mass is 79.9. The second kappa shape index (κ2) is 9.62. The summed E-state index contributed by atoms with van der Waals surface area (Å²) in [6.45, 7) is 6.61. The van der Waals surface area contributed by atoms with Crippen LogP contribution in [0.3, 0.4) is 0 Å². The third-order valence-electron chi connectivity index (χ3n) is 3.67. The summed E-state index contributed by atoms with van der Waals surface area (Å²) in [6.07, 6.45) is 2.08. The Morgan fingerprint density at radius 1 is 1.14 bits per heavy atom. The van der Waals surface area contributed by atoms with Gasteiger partial charge in [-0.15, -0.1) is 0 Å². The summed E-state index contributed by atoms with van der Waals surface area (Å²) >= 11 is 3.27. The van der Waals surface area contributed by atoms with Gasteiger partial charge in [0.25, 0.3) is 0 Å². The van der Waals surface area contributed by atoms with E-state index in [1.165, 1.54) is 5.56 Å². The van der Waals surface area contributed by atoms with E-state index in [0.717, 1.165) is 18.5 Å². The van der Waals surface area contributed by atoms with E-state index in [1.54, 1.807) is 0 Å². The van der Waals surface area contributed by atoms with Crippen molar-refractivity contribution in [3.05, 3.63) is 29.8 Å². The Labute approximate surface area is 141 Å². The molecule has 122 valence electrons. The molecule has 22 heavy (non-hydrogen) atoms. The van der Waals surface area contributed by atoms with Crippen molar-refractivity contribution in [2.75, 3.05) is 11.9 Å². The van der Waals surface area contributed by atoms with E-state index in [1.807, 2.05) is 31.2 Å². The van der Waals surface area contributed by atoms with Gasteiger partial charge in [0, 0.05) is 18.7 Å². The van der Waals surface area contributed by atoms with Crippen LogP contribution in [0.1, 0.15) is 51.5 Å². The second-order valence-electron chi connectivity index (χ2n) is 5.40. The summed E-state index contributed by atoms with van der Waals surface area (Å²) in [5.41, 5.74) is 2.06. The first-order valence-corrected chi connectivity index (χ1v) is 8.71. The van der Waals surface area contributed by atoms with Crippen LogP contribution >= 0.6 is 15.9 Å². The average molecular weight is 369 g/mol. The summed E-state index contributed by atoms with van der Waals surface area (Å²) in [7, 11) is 0. The molecule has 0 aromatic heterocycles. The van der Waals surface area contributed by atoms with Crippen molar-refractivity contribution in [1.82, 2.24) is 5.32 Å². The highest BCUT2D eigenvalue weighted by Gasteiger charge is 2.12. The molecule has 0 aliphatic carbocycles. The SMILES string of the molecule is CC[C@H](Br)C(=O)NCCC(=O)Nc1ccc([C@@H](C)CC)cc1. The third-order valence-corrected chi connectivity index (χ3v) is 4.73. The fourth-order valence-electron chi connectivity index (χ4n) is 1.95. The van der Waals surface area contributed by atoms with Crippen molar-refractivity contribution in [2.45, 2.75) is 50.8 Å². The van der Waals surface area contributed by atoms with Crippen molar-refractivity contribution in [3.63, 3.8) is 0 Å². The lowest BCUT2D eigenvalue weighted by Gasteiger charge is -2.11. The highest BCUT2D eigenvalue weighted by Crippen LogP contribution is 2.20. The van der Waals surface area contributed by atoms with Gasteiger partial charge in [-0.05, 0) is 36.5 Å². The maximum Gasteiger partial charge on any atom is 0.233 e. The van der Waals surface area contributed by atoms with Gasteiger partial charge in [-0.1, -0.05) is 48.8 Å². The maximum absolute atomic E-state index is 11.8. The van der Waals surface area contributed by atoms with Crippen molar-refractivity contribution < 1.29 is 9.59 Å². The van der Waals surface area contributed by atoms with Gasteiger partial charge >= 0.3 is 0 Å². The van der Waals surface area contributed by atoms with E-state index >= 15 is 0 Å². The van der Waals surface area contributed by atoms with E-state index in [4.69, 9.17) is 0 Å². The fraction of sp³-hybridized carbons (Fsp3) is 0.529. The van der Waals surface area contributed by atoms with E-state index in [0.29, 0.717) is 12.5 Å². The standard InChI is InChI=1S/C17H25BrN2O2/c1-4-12(3)13-6-8-14(9-7-13)20-16(21)10-11-19-17(22)15(18)5-2/h6-9,12,15H,4-5,10-11H2,1-3H3,(H,19,22)(H,20,21)/t12-,15-/m0/s1. The molecule has 0 radical (unpaired) electrons. The van der Waals surface area contributed by atoms with Crippen LogP contribution in [0.25, 0.3) is 0 Å². The maximum atomic E-state index is 11.8. The van der Waals surface area contributed by atoms with Crippen molar-refractivity contribution in [1.29, 1.82) is 0 Å². The van der Waals surface area contributed by atoms with Crippen LogP contribution in [0.15, 0.2) is 24.3 Å². The quantitative estimate of drug-likeness (QED) is 0.685. The predicted molar refractivity (Wildman–Crippen MR) is 94.4 cm³/mol. The van der Waals surface area contributed by atoms with E-state index in [9.17, 15) is 9.59 Å². The van der Waals surface area contributed by atoms with Crippen LogP contribution in [-0.2, 0) is 9.59 Å². The zero-order chi connectivity index (χ0) is 16.5. The number of benzene rings is 1. The van der Waals surface area contributed by atoms with E-state index < -0.39 is 0 Å². The zero-order valence-electron chi connectivity index (χ0n) is 13.5. The summed E-state index contributed by atoms with van der Waals surface area (Å²) in [5.74, 6) is 0.350. The van der Waals surface area contributed by atoms with Crippen LogP contribution < -0.4 is 10.6 Å². The van der Waals surface area contributed by atoms with Gasteiger partial charge in [-0.25, -0.2) is 0 Å². The number of alkyl halides is 1. The lowest BCUT2D eigenvalue weighted by Crippen LogP contribution is -2.33. The number of nitrogens with one attached hydrogen (secondary N) is 2. The molecule has 2 N–H and O–H groups in total. The van der Waals surface area contributed by atoms with Gasteiger partial charge in [0.1, 0.15) is 0 Å². The van der Waals surface area contributed by atoms with Gasteiger partial charge in [0.15, 0.2) is 0 Å². The fourth-order valence-corrected chi connectivity index (χ4v) is 2.11. The average Bonchev–Trinajstić information content (AvgIpc) is 2.53. The highest BCUT2D eigenvalue weighted by molar-refractivity contribution is 9.10. The third kappa shape index (κ3) is 6.18. The number of anilines is 1. The Hall–Kier alpha value is -1.36. The van der Waals surface area contributed by atoms with E-state index in [2.05, 4.69) is 40.4 Å². The molecule has 0 fully saturated rings. The van der Waals surface area contributed by atoms with Gasteiger partial charge in [0.05, 0.1) is 4.83 Å². The molecule has 2 amide bonds. The Morgan fingerprint density at radius 2 is 1.77 bits per heavy atom. The molecule has 4 nitrogen and oxygen atoms in total. The number of amides is 2. The molecule has 5 heteroatoms.